The molecule has 0 aromatic rings. The summed E-state index contributed by atoms with van der Waals surface area (Å²) in [7, 11) is 1.43. The largest absolute Gasteiger partial charge is 0.396 e. The number of likely N-dealkylation sites (tertiary alicyclic amines) is 2. The number of aliphatic hydroxyl groups is 2. The Morgan fingerprint density at radius 3 is 1.85 bits per heavy atom. The Bertz CT molecular complexity index is 2180. The SMILES string of the molecule is CCC(=O)CCCCCC(NC(=O)CCC(COCCOCCOCCO)OCCNC(=O)C(CSC)CC(=O)CCN1C(=O)CC(SCC(NC(C)=O)C(=O)CCCO)C1=O)C(=O)NC(CSC1CC(=O)N(CCC(=O)NC)C1=O)C(N)=O. The minimum absolute atomic E-state index is 0.00419. The molecule has 7 atom stereocenters. The number of carbonyl (C=O) groups is 13. The molecule has 0 aromatic carbocycles. The summed E-state index contributed by atoms with van der Waals surface area (Å²) in [5, 5.41) is 29.4. The van der Waals surface area contributed by atoms with Crippen LogP contribution in [0, 0.1) is 5.92 Å². The molecule has 0 spiro atoms. The molecule has 2 saturated heterocycles. The van der Waals surface area contributed by atoms with Gasteiger partial charge in [0, 0.05) is 115 Å². The predicted molar refractivity (Wildman–Crippen MR) is 312 cm³/mol. The first-order valence-electron chi connectivity index (χ1n) is 28.4. The number of ether oxygens (including phenoxy) is 4. The summed E-state index contributed by atoms with van der Waals surface area (Å²) in [4.78, 5) is 169. The van der Waals surface area contributed by atoms with Crippen molar-refractivity contribution in [2.45, 2.75) is 145 Å². The number of ketones is 3. The van der Waals surface area contributed by atoms with Gasteiger partial charge in [0.1, 0.15) is 23.7 Å². The molecule has 9 N–H and O–H groups in total. The Balaban J connectivity index is 2.07. The predicted octanol–water partition coefficient (Wildman–Crippen LogP) is -1.27. The lowest BCUT2D eigenvalue weighted by atomic mass is 10.0. The Morgan fingerprint density at radius 2 is 1.26 bits per heavy atom. The molecule has 0 aromatic heterocycles. The van der Waals surface area contributed by atoms with E-state index < -0.39 is 93.8 Å². The zero-order chi connectivity index (χ0) is 62.4. The van der Waals surface area contributed by atoms with E-state index in [1.165, 1.54) is 25.7 Å². The van der Waals surface area contributed by atoms with E-state index in [9.17, 15) is 62.3 Å². The number of hydrogen-bond donors (Lipinski definition) is 8. The van der Waals surface area contributed by atoms with Gasteiger partial charge in [0.2, 0.25) is 59.1 Å². The molecular weight excluding hydrogens is 1160 g/mol. The summed E-state index contributed by atoms with van der Waals surface area (Å²) < 4.78 is 22.6. The molecule has 0 saturated carbocycles. The molecule has 10 amide bonds. The van der Waals surface area contributed by atoms with E-state index in [4.69, 9.17) is 34.9 Å². The van der Waals surface area contributed by atoms with E-state index in [-0.39, 0.29) is 184 Å². The molecule has 2 heterocycles. The fourth-order valence-corrected chi connectivity index (χ4v) is 11.6. The van der Waals surface area contributed by atoms with Crippen molar-refractivity contribution in [3.63, 3.8) is 0 Å². The molecule has 476 valence electrons. The highest BCUT2D eigenvalue weighted by Crippen LogP contribution is 2.28. The van der Waals surface area contributed by atoms with Crippen LogP contribution >= 0.6 is 35.3 Å². The first kappa shape index (κ1) is 75.0. The number of Topliss-reactive ketones (excluding diaryl/α,β-unsaturated/α-hetero) is 3. The number of aliphatic hydroxyl groups excluding tert-OH is 2. The van der Waals surface area contributed by atoms with Crippen molar-refractivity contribution in [1.29, 1.82) is 0 Å². The highest BCUT2D eigenvalue weighted by atomic mass is 32.2. The maximum absolute atomic E-state index is 13.8. The van der Waals surface area contributed by atoms with Crippen molar-refractivity contribution in [2.24, 2.45) is 11.7 Å². The number of amides is 10. The van der Waals surface area contributed by atoms with Gasteiger partial charge < -0.3 is 61.5 Å². The summed E-state index contributed by atoms with van der Waals surface area (Å²) in [5.41, 5.74) is 5.68. The third-order valence-corrected chi connectivity index (χ3v) is 16.6. The van der Waals surface area contributed by atoms with Crippen LogP contribution in [-0.4, -0.2) is 241 Å². The van der Waals surface area contributed by atoms with Crippen molar-refractivity contribution in [3.8, 4) is 0 Å². The number of unbranched alkanes of at least 4 members (excludes halogenated alkanes) is 2. The second-order valence-corrected chi connectivity index (χ2v) is 23.2. The minimum atomic E-state index is -1.30. The van der Waals surface area contributed by atoms with Crippen LogP contribution in [0.1, 0.15) is 110 Å². The highest BCUT2D eigenvalue weighted by Gasteiger charge is 2.41. The van der Waals surface area contributed by atoms with Crippen molar-refractivity contribution < 1.29 is 91.5 Å². The number of hydrogen-bond acceptors (Lipinski definition) is 22. The van der Waals surface area contributed by atoms with Crippen molar-refractivity contribution in [2.75, 3.05) is 110 Å². The maximum Gasteiger partial charge on any atom is 0.243 e. The van der Waals surface area contributed by atoms with Gasteiger partial charge in [-0.05, 0) is 31.9 Å². The molecule has 2 aliphatic rings. The number of nitrogens with one attached hydrogen (secondary N) is 5. The molecule has 27 nitrogen and oxygen atoms in total. The van der Waals surface area contributed by atoms with Crippen LogP contribution in [0.15, 0.2) is 0 Å². The summed E-state index contributed by atoms with van der Waals surface area (Å²) in [6, 6.07) is -3.37. The zero-order valence-corrected chi connectivity index (χ0v) is 51.2. The standard InChI is InChI=1S/C54H88N8O19S3/c1-5-37(66)10-7-6-8-11-40(52(75)60-42(50(55)73)34-84-45-30-49(72)62(54(45)77)19-16-46(69)56-3)59-47(70)14-13-39(31-80-27-26-79-25-24-78-23-21-64)81-22-17-57-51(74)36(32-82-4)28-38(67)15-18-61-48(71)29-44(53(61)76)83-33-41(58-35(2)65)43(68)12-9-20-63/h36,39-42,44-45,63-64H,5-34H2,1-4H3,(H2,55,73)(H,56,69)(H,57,74)(H,58,65)(H,59,70)(H,60,75). The van der Waals surface area contributed by atoms with E-state index in [0.29, 0.717) is 32.1 Å². The van der Waals surface area contributed by atoms with Gasteiger partial charge in [-0.15, -0.1) is 23.5 Å². The lowest BCUT2D eigenvalue weighted by molar-refractivity contribution is -0.140. The van der Waals surface area contributed by atoms with E-state index in [2.05, 4.69) is 26.6 Å². The Morgan fingerprint density at radius 1 is 0.643 bits per heavy atom. The molecule has 0 aliphatic carbocycles. The summed E-state index contributed by atoms with van der Waals surface area (Å²) in [5.74, 6) is -6.72. The quantitative estimate of drug-likeness (QED) is 0.0260. The molecular formula is C54H88N8O19S3. The number of thioether (sulfide) groups is 3. The molecule has 0 radical (unpaired) electrons. The van der Waals surface area contributed by atoms with Gasteiger partial charge in [-0.25, -0.2) is 0 Å². The van der Waals surface area contributed by atoms with Gasteiger partial charge in [0.25, 0.3) is 0 Å². The fraction of sp³-hybridized carbons (Fsp3) is 0.759. The van der Waals surface area contributed by atoms with Gasteiger partial charge in [0.15, 0.2) is 5.78 Å². The van der Waals surface area contributed by atoms with Gasteiger partial charge in [-0.3, -0.25) is 72.1 Å². The fourth-order valence-electron chi connectivity index (χ4n) is 8.53. The van der Waals surface area contributed by atoms with E-state index in [1.807, 2.05) is 0 Å². The summed E-state index contributed by atoms with van der Waals surface area (Å²) >= 11 is 3.35. The summed E-state index contributed by atoms with van der Waals surface area (Å²) in [6.45, 7) is 3.29. The van der Waals surface area contributed by atoms with Crippen molar-refractivity contribution >= 4 is 112 Å². The van der Waals surface area contributed by atoms with Crippen LogP contribution in [0.4, 0.5) is 0 Å². The number of nitrogens with two attached hydrogens (primary N) is 1. The van der Waals surface area contributed by atoms with Gasteiger partial charge >= 0.3 is 0 Å². The number of carbonyl (C=O) groups excluding carboxylic acids is 13. The van der Waals surface area contributed by atoms with Crippen molar-refractivity contribution in [3.05, 3.63) is 0 Å². The molecule has 84 heavy (non-hydrogen) atoms. The molecule has 2 rings (SSSR count). The third-order valence-electron chi connectivity index (χ3n) is 13.2. The van der Waals surface area contributed by atoms with Gasteiger partial charge in [-0.1, -0.05) is 19.8 Å². The van der Waals surface area contributed by atoms with Gasteiger partial charge in [0.05, 0.1) is 81.4 Å². The second kappa shape index (κ2) is 43.5. The normalized spacial score (nSPS) is 16.9. The maximum atomic E-state index is 13.8. The van der Waals surface area contributed by atoms with Gasteiger partial charge in [-0.2, -0.15) is 11.8 Å². The summed E-state index contributed by atoms with van der Waals surface area (Å²) in [6.07, 6.45) is 2.79. The van der Waals surface area contributed by atoms with Crippen LogP contribution < -0.4 is 32.3 Å². The number of nitrogens with zero attached hydrogens (tertiary/aromatic N) is 2. The van der Waals surface area contributed by atoms with Crippen molar-refractivity contribution in [1.82, 2.24) is 36.4 Å². The first-order valence-corrected chi connectivity index (χ1v) is 31.9. The van der Waals surface area contributed by atoms with Crippen LogP contribution in [0.3, 0.4) is 0 Å². The Labute approximate surface area is 503 Å². The first-order chi connectivity index (χ1) is 40.2. The monoisotopic (exact) mass is 1250 g/mol. The van der Waals surface area contributed by atoms with Crippen LogP contribution in [0.25, 0.3) is 0 Å². The lowest BCUT2D eigenvalue weighted by Gasteiger charge is -2.23. The average molecular weight is 1250 g/mol. The average Bonchev–Trinajstić information content (AvgIpc) is 4.17. The topological polar surface area (TPSA) is 392 Å². The molecule has 7 unspecified atom stereocenters. The van der Waals surface area contributed by atoms with E-state index in [1.54, 1.807) is 13.2 Å². The van der Waals surface area contributed by atoms with Crippen LogP contribution in [0.5, 0.6) is 0 Å². The van der Waals surface area contributed by atoms with E-state index in [0.717, 1.165) is 33.3 Å². The third kappa shape index (κ3) is 30.3. The molecule has 2 aliphatic heterocycles. The van der Waals surface area contributed by atoms with Crippen LogP contribution in [-0.2, 0) is 81.3 Å². The smallest absolute Gasteiger partial charge is 0.243 e. The van der Waals surface area contributed by atoms with E-state index >= 15 is 0 Å². The number of imide groups is 2. The molecule has 0 bridgehead atoms. The zero-order valence-electron chi connectivity index (χ0n) is 48.8. The number of primary amides is 1. The Hall–Kier alpha value is -5.08. The minimum Gasteiger partial charge on any atom is -0.396 e. The molecule has 30 heteroatoms. The second-order valence-electron chi connectivity index (χ2n) is 19.9. The highest BCUT2D eigenvalue weighted by molar-refractivity contribution is 8.01. The lowest BCUT2D eigenvalue weighted by Crippen LogP contribution is -2.54. The van der Waals surface area contributed by atoms with Crippen LogP contribution in [0.2, 0.25) is 0 Å². The molecule has 2 fully saturated rings. The number of rotatable bonds is 50. The Kier molecular flexibility index (Phi) is 38.9.